The van der Waals surface area contributed by atoms with E-state index in [4.69, 9.17) is 9.47 Å². The molecule has 1 saturated heterocycles. The number of hydrogen-bond acceptors (Lipinski definition) is 4. The Morgan fingerprint density at radius 3 is 2.06 bits per heavy atom. The van der Waals surface area contributed by atoms with Gasteiger partial charge in [0.05, 0.1) is 6.10 Å². The van der Waals surface area contributed by atoms with Crippen LogP contribution in [0.15, 0.2) is 72.8 Å². The SMILES string of the molecule is Oc1ccc(COc2ccc(CCN3C[C@H]4CC(Oc5ccc(F)cc5)C[C@H]4C3)cc2)cc1. The van der Waals surface area contributed by atoms with Crippen LogP contribution in [0.1, 0.15) is 24.0 Å². The first-order valence-electron chi connectivity index (χ1n) is 11.7. The molecule has 0 spiro atoms. The number of aromatic hydroxyl groups is 1. The second-order valence-electron chi connectivity index (χ2n) is 9.29. The van der Waals surface area contributed by atoms with Gasteiger partial charge in [-0.2, -0.15) is 0 Å². The lowest BCUT2D eigenvalue weighted by Gasteiger charge is -2.20. The summed E-state index contributed by atoms with van der Waals surface area (Å²) < 4.78 is 25.0. The van der Waals surface area contributed by atoms with E-state index in [0.717, 1.165) is 56.0 Å². The smallest absolute Gasteiger partial charge is 0.123 e. The fourth-order valence-electron chi connectivity index (χ4n) is 5.12. The largest absolute Gasteiger partial charge is 0.508 e. The van der Waals surface area contributed by atoms with Crippen molar-refractivity contribution in [3.8, 4) is 17.2 Å². The zero-order valence-electron chi connectivity index (χ0n) is 18.7. The average Bonchev–Trinajstić information content (AvgIpc) is 3.38. The molecule has 3 aromatic rings. The molecule has 0 aromatic heterocycles. The number of halogens is 1. The molecule has 2 aliphatic rings. The minimum atomic E-state index is -0.225. The third-order valence-electron chi connectivity index (χ3n) is 6.88. The number of fused-ring (bicyclic) bond motifs is 1. The van der Waals surface area contributed by atoms with Gasteiger partial charge in [0.25, 0.3) is 0 Å². The molecule has 3 atom stereocenters. The number of benzene rings is 3. The summed E-state index contributed by atoms with van der Waals surface area (Å²) in [6.45, 7) is 3.84. The zero-order valence-corrected chi connectivity index (χ0v) is 18.7. The quantitative estimate of drug-likeness (QED) is 0.499. The second kappa shape index (κ2) is 9.84. The third kappa shape index (κ3) is 5.66. The topological polar surface area (TPSA) is 41.9 Å². The molecule has 0 amide bonds. The van der Waals surface area contributed by atoms with Crippen molar-refractivity contribution in [3.05, 3.63) is 89.7 Å². The summed E-state index contributed by atoms with van der Waals surface area (Å²) in [4.78, 5) is 2.58. The molecule has 1 aliphatic carbocycles. The number of hydrogen-bond donors (Lipinski definition) is 1. The lowest BCUT2D eigenvalue weighted by Crippen LogP contribution is -2.26. The molecule has 1 aliphatic heterocycles. The average molecular weight is 448 g/mol. The molecule has 5 heteroatoms. The van der Waals surface area contributed by atoms with Crippen molar-refractivity contribution in [1.29, 1.82) is 0 Å². The van der Waals surface area contributed by atoms with Crippen LogP contribution < -0.4 is 9.47 Å². The molecular weight excluding hydrogens is 417 g/mol. The molecule has 1 saturated carbocycles. The van der Waals surface area contributed by atoms with Crippen LogP contribution in [0.25, 0.3) is 0 Å². The number of phenols is 1. The highest BCUT2D eigenvalue weighted by Crippen LogP contribution is 2.39. The van der Waals surface area contributed by atoms with Gasteiger partial charge in [-0.3, -0.25) is 0 Å². The van der Waals surface area contributed by atoms with Crippen molar-refractivity contribution >= 4 is 0 Å². The fraction of sp³-hybridized carbons (Fsp3) is 0.357. The van der Waals surface area contributed by atoms with E-state index in [1.165, 1.54) is 17.7 Å². The van der Waals surface area contributed by atoms with Crippen LogP contribution in [0, 0.1) is 17.7 Å². The van der Waals surface area contributed by atoms with Gasteiger partial charge in [0.2, 0.25) is 0 Å². The Kier molecular flexibility index (Phi) is 6.49. The summed E-state index contributed by atoms with van der Waals surface area (Å²) >= 11 is 0. The Morgan fingerprint density at radius 1 is 0.788 bits per heavy atom. The van der Waals surface area contributed by atoms with E-state index in [0.29, 0.717) is 18.4 Å². The van der Waals surface area contributed by atoms with Crippen LogP contribution in [-0.4, -0.2) is 35.7 Å². The molecular formula is C28H30FNO3. The van der Waals surface area contributed by atoms with Crippen LogP contribution in [0.4, 0.5) is 4.39 Å². The Balaban J connectivity index is 1.04. The highest BCUT2D eigenvalue weighted by atomic mass is 19.1. The number of nitrogens with zero attached hydrogens (tertiary/aromatic N) is 1. The number of likely N-dealkylation sites (tertiary alicyclic amines) is 1. The maximum Gasteiger partial charge on any atom is 0.123 e. The third-order valence-corrected chi connectivity index (χ3v) is 6.88. The van der Waals surface area contributed by atoms with Gasteiger partial charge in [-0.05, 0) is 90.8 Å². The molecule has 0 bridgehead atoms. The first-order chi connectivity index (χ1) is 16.1. The van der Waals surface area contributed by atoms with Crippen molar-refractivity contribution in [2.45, 2.75) is 32.0 Å². The van der Waals surface area contributed by atoms with E-state index in [1.807, 2.05) is 24.3 Å². The first kappa shape index (κ1) is 21.8. The predicted octanol–water partition coefficient (Wildman–Crippen LogP) is 5.44. The van der Waals surface area contributed by atoms with Gasteiger partial charge in [-0.1, -0.05) is 24.3 Å². The van der Waals surface area contributed by atoms with Crippen molar-refractivity contribution in [1.82, 2.24) is 4.90 Å². The van der Waals surface area contributed by atoms with Gasteiger partial charge >= 0.3 is 0 Å². The fourth-order valence-corrected chi connectivity index (χ4v) is 5.12. The monoisotopic (exact) mass is 447 g/mol. The number of ether oxygens (including phenoxy) is 2. The molecule has 33 heavy (non-hydrogen) atoms. The van der Waals surface area contributed by atoms with Gasteiger partial charge < -0.3 is 19.5 Å². The molecule has 172 valence electrons. The number of rotatable bonds is 8. The Hall–Kier alpha value is -3.05. The second-order valence-corrected chi connectivity index (χ2v) is 9.29. The highest BCUT2D eigenvalue weighted by molar-refractivity contribution is 5.29. The van der Waals surface area contributed by atoms with Crippen molar-refractivity contribution in [2.75, 3.05) is 19.6 Å². The Labute approximate surface area is 194 Å². The van der Waals surface area contributed by atoms with Gasteiger partial charge in [0.15, 0.2) is 0 Å². The van der Waals surface area contributed by atoms with Crippen molar-refractivity contribution in [2.24, 2.45) is 11.8 Å². The minimum Gasteiger partial charge on any atom is -0.508 e. The summed E-state index contributed by atoms with van der Waals surface area (Å²) in [7, 11) is 0. The molecule has 5 rings (SSSR count). The molecule has 1 unspecified atom stereocenters. The van der Waals surface area contributed by atoms with E-state index in [-0.39, 0.29) is 17.7 Å². The summed E-state index contributed by atoms with van der Waals surface area (Å²) in [5.74, 6) is 3.07. The van der Waals surface area contributed by atoms with E-state index in [2.05, 4.69) is 17.0 Å². The number of phenolic OH excluding ortho intramolecular Hbond substituents is 1. The van der Waals surface area contributed by atoms with E-state index < -0.39 is 0 Å². The summed E-state index contributed by atoms with van der Waals surface area (Å²) in [6.07, 6.45) is 3.46. The van der Waals surface area contributed by atoms with Crippen LogP contribution in [0.5, 0.6) is 17.2 Å². The maximum absolute atomic E-state index is 13.1. The lowest BCUT2D eigenvalue weighted by molar-refractivity contribution is 0.186. The zero-order chi connectivity index (χ0) is 22.6. The Bertz CT molecular complexity index is 1020. The van der Waals surface area contributed by atoms with Crippen LogP contribution in [0.3, 0.4) is 0 Å². The summed E-state index contributed by atoms with van der Waals surface area (Å²) in [5, 5.41) is 9.36. The Morgan fingerprint density at radius 2 is 1.39 bits per heavy atom. The lowest BCUT2D eigenvalue weighted by atomic mass is 10.0. The van der Waals surface area contributed by atoms with E-state index in [1.54, 1.807) is 24.3 Å². The standard InChI is InChI=1S/C28H30FNO3/c29-24-5-11-27(12-6-24)33-28-15-22-17-30(18-23(22)16-28)14-13-20-3-9-26(10-4-20)32-19-21-1-7-25(31)8-2-21/h1-12,22-23,28,31H,13-19H2/t22-,23+,28?. The minimum absolute atomic E-state index is 0.225. The van der Waals surface area contributed by atoms with E-state index >= 15 is 0 Å². The van der Waals surface area contributed by atoms with Crippen LogP contribution in [0.2, 0.25) is 0 Å². The van der Waals surface area contributed by atoms with Crippen LogP contribution >= 0.6 is 0 Å². The molecule has 4 nitrogen and oxygen atoms in total. The van der Waals surface area contributed by atoms with E-state index in [9.17, 15) is 9.50 Å². The molecule has 3 aromatic carbocycles. The predicted molar refractivity (Wildman–Crippen MR) is 126 cm³/mol. The first-order valence-corrected chi connectivity index (χ1v) is 11.7. The molecule has 0 radical (unpaired) electrons. The molecule has 1 N–H and O–H groups in total. The highest BCUT2D eigenvalue weighted by Gasteiger charge is 2.41. The van der Waals surface area contributed by atoms with Crippen molar-refractivity contribution < 1.29 is 19.0 Å². The maximum atomic E-state index is 13.1. The van der Waals surface area contributed by atoms with Crippen molar-refractivity contribution in [3.63, 3.8) is 0 Å². The van der Waals surface area contributed by atoms with Gasteiger partial charge in [0.1, 0.15) is 29.7 Å². The normalized spacial score (nSPS) is 22.3. The van der Waals surface area contributed by atoms with Gasteiger partial charge in [-0.15, -0.1) is 0 Å². The van der Waals surface area contributed by atoms with Gasteiger partial charge in [0, 0.05) is 19.6 Å². The summed E-state index contributed by atoms with van der Waals surface area (Å²) in [5.41, 5.74) is 2.35. The summed E-state index contributed by atoms with van der Waals surface area (Å²) in [6, 6.07) is 21.8. The van der Waals surface area contributed by atoms with Gasteiger partial charge in [-0.25, -0.2) is 4.39 Å². The van der Waals surface area contributed by atoms with Crippen LogP contribution in [-0.2, 0) is 13.0 Å². The molecule has 1 heterocycles. The molecule has 2 fully saturated rings.